The lowest BCUT2D eigenvalue weighted by Gasteiger charge is -2.40. The molecule has 2 aliphatic heterocycles. The Labute approximate surface area is 187 Å². The molecule has 3 aliphatic rings. The molecule has 0 aromatic carbocycles. The summed E-state index contributed by atoms with van der Waals surface area (Å²) in [6.45, 7) is 5.33. The first-order chi connectivity index (χ1) is 14.5. The summed E-state index contributed by atoms with van der Waals surface area (Å²) in [6.07, 6.45) is 10.2. The number of hydrogen-bond donors (Lipinski definition) is 2. The smallest absolute Gasteiger partial charge is 0.323 e. The van der Waals surface area contributed by atoms with E-state index in [1.807, 2.05) is 11.8 Å². The molecule has 0 spiro atoms. The Morgan fingerprint density at radius 1 is 1.00 bits per heavy atom. The SMILES string of the molecule is Cc1[nH]nc(NC(=O)N2CCC(C3CCN(C(=O)CC4CCCC4)CC3)CC2)c1Br. The van der Waals surface area contributed by atoms with E-state index >= 15 is 0 Å². The van der Waals surface area contributed by atoms with E-state index in [0.717, 1.165) is 68.4 Å². The maximum Gasteiger partial charge on any atom is 0.323 e. The number of rotatable bonds is 4. The van der Waals surface area contributed by atoms with E-state index < -0.39 is 0 Å². The first-order valence-corrected chi connectivity index (χ1v) is 12.3. The summed E-state index contributed by atoms with van der Waals surface area (Å²) in [4.78, 5) is 29.2. The van der Waals surface area contributed by atoms with Crippen LogP contribution in [0.4, 0.5) is 10.6 Å². The molecule has 4 rings (SSSR count). The van der Waals surface area contributed by atoms with Crippen molar-refractivity contribution in [2.45, 2.75) is 64.7 Å². The van der Waals surface area contributed by atoms with Gasteiger partial charge < -0.3 is 9.80 Å². The van der Waals surface area contributed by atoms with Gasteiger partial charge in [0.1, 0.15) is 0 Å². The van der Waals surface area contributed by atoms with Gasteiger partial charge in [-0.15, -0.1) is 0 Å². The van der Waals surface area contributed by atoms with Gasteiger partial charge in [0.25, 0.3) is 0 Å². The van der Waals surface area contributed by atoms with Crippen LogP contribution in [-0.4, -0.2) is 58.1 Å². The average molecular weight is 480 g/mol. The van der Waals surface area contributed by atoms with E-state index in [0.29, 0.717) is 29.5 Å². The van der Waals surface area contributed by atoms with Crippen molar-refractivity contribution in [3.05, 3.63) is 10.2 Å². The van der Waals surface area contributed by atoms with Crippen LogP contribution in [-0.2, 0) is 4.79 Å². The Morgan fingerprint density at radius 3 is 2.10 bits per heavy atom. The first-order valence-electron chi connectivity index (χ1n) is 11.6. The summed E-state index contributed by atoms with van der Waals surface area (Å²) < 4.78 is 0.806. The number of carbonyl (C=O) groups is 2. The number of carbonyl (C=O) groups excluding carboxylic acids is 2. The van der Waals surface area contributed by atoms with Gasteiger partial charge in [-0.3, -0.25) is 15.2 Å². The molecule has 1 aliphatic carbocycles. The normalized spacial score (nSPS) is 21.9. The van der Waals surface area contributed by atoms with Gasteiger partial charge in [0, 0.05) is 38.3 Å². The van der Waals surface area contributed by atoms with Crippen LogP contribution < -0.4 is 5.32 Å². The van der Waals surface area contributed by atoms with Gasteiger partial charge in [0.05, 0.1) is 4.47 Å². The monoisotopic (exact) mass is 479 g/mol. The third-order valence-electron chi connectivity index (χ3n) is 7.42. The fourth-order valence-electron chi connectivity index (χ4n) is 5.46. The molecule has 2 saturated heterocycles. The zero-order chi connectivity index (χ0) is 21.1. The highest BCUT2D eigenvalue weighted by molar-refractivity contribution is 9.10. The molecule has 1 aromatic rings. The van der Waals surface area contributed by atoms with E-state index in [-0.39, 0.29) is 6.03 Å². The summed E-state index contributed by atoms with van der Waals surface area (Å²) in [5.41, 5.74) is 0.900. The van der Waals surface area contributed by atoms with E-state index in [4.69, 9.17) is 0 Å². The molecule has 0 atom stereocenters. The summed E-state index contributed by atoms with van der Waals surface area (Å²) >= 11 is 3.45. The number of aromatic amines is 1. The van der Waals surface area contributed by atoms with Crippen molar-refractivity contribution >= 4 is 33.7 Å². The second-order valence-corrected chi connectivity index (χ2v) is 10.1. The van der Waals surface area contributed by atoms with Crippen molar-refractivity contribution in [1.29, 1.82) is 0 Å². The number of anilines is 1. The van der Waals surface area contributed by atoms with E-state index in [1.54, 1.807) is 0 Å². The number of urea groups is 1. The Kier molecular flexibility index (Phi) is 7.01. The molecule has 30 heavy (non-hydrogen) atoms. The summed E-state index contributed by atoms with van der Waals surface area (Å²) in [5, 5.41) is 9.89. The fraction of sp³-hybridized carbons (Fsp3) is 0.773. The minimum atomic E-state index is -0.0759. The number of H-pyrrole nitrogens is 1. The number of nitrogens with one attached hydrogen (secondary N) is 2. The number of nitrogens with zero attached hydrogens (tertiary/aromatic N) is 3. The number of aryl methyl sites for hydroxylation is 1. The Bertz CT molecular complexity index is 745. The predicted molar refractivity (Wildman–Crippen MR) is 120 cm³/mol. The number of amides is 3. The second-order valence-electron chi connectivity index (χ2n) is 9.34. The summed E-state index contributed by atoms with van der Waals surface area (Å²) in [7, 11) is 0. The van der Waals surface area contributed by atoms with Crippen LogP contribution in [0, 0.1) is 24.7 Å². The molecular formula is C22H34BrN5O2. The number of likely N-dealkylation sites (tertiary alicyclic amines) is 2. The average Bonchev–Trinajstić information content (AvgIpc) is 3.39. The van der Waals surface area contributed by atoms with Crippen LogP contribution in [0.1, 0.15) is 63.5 Å². The quantitative estimate of drug-likeness (QED) is 0.664. The van der Waals surface area contributed by atoms with Gasteiger partial charge in [0.15, 0.2) is 5.82 Å². The minimum Gasteiger partial charge on any atom is -0.343 e. The Morgan fingerprint density at radius 2 is 1.57 bits per heavy atom. The Hall–Kier alpha value is -1.57. The van der Waals surface area contributed by atoms with E-state index in [1.165, 1.54) is 25.7 Å². The molecule has 0 bridgehead atoms. The number of aromatic nitrogens is 2. The lowest BCUT2D eigenvalue weighted by atomic mass is 9.78. The highest BCUT2D eigenvalue weighted by atomic mass is 79.9. The number of hydrogen-bond acceptors (Lipinski definition) is 3. The summed E-state index contributed by atoms with van der Waals surface area (Å²) in [5.74, 6) is 2.92. The summed E-state index contributed by atoms with van der Waals surface area (Å²) in [6, 6.07) is -0.0759. The molecule has 3 amide bonds. The number of piperidine rings is 2. The van der Waals surface area contributed by atoms with E-state index in [9.17, 15) is 9.59 Å². The topological polar surface area (TPSA) is 81.3 Å². The maximum atomic E-state index is 12.6. The van der Waals surface area contributed by atoms with Gasteiger partial charge in [-0.25, -0.2) is 4.79 Å². The molecule has 166 valence electrons. The highest BCUT2D eigenvalue weighted by Crippen LogP contribution is 2.34. The molecule has 3 heterocycles. The molecular weight excluding hydrogens is 446 g/mol. The van der Waals surface area contributed by atoms with Gasteiger partial charge in [-0.1, -0.05) is 12.8 Å². The zero-order valence-electron chi connectivity index (χ0n) is 18.0. The molecule has 0 radical (unpaired) electrons. The van der Waals surface area contributed by atoms with Gasteiger partial charge in [0.2, 0.25) is 5.91 Å². The van der Waals surface area contributed by atoms with Crippen molar-refractivity contribution in [1.82, 2.24) is 20.0 Å². The van der Waals surface area contributed by atoms with Crippen molar-refractivity contribution in [2.24, 2.45) is 17.8 Å². The Balaban J connectivity index is 1.19. The van der Waals surface area contributed by atoms with Crippen LogP contribution in [0.25, 0.3) is 0 Å². The largest absolute Gasteiger partial charge is 0.343 e. The van der Waals surface area contributed by atoms with Crippen molar-refractivity contribution in [2.75, 3.05) is 31.5 Å². The molecule has 2 N–H and O–H groups in total. The molecule has 1 saturated carbocycles. The van der Waals surface area contributed by atoms with Gasteiger partial charge in [-0.2, -0.15) is 5.10 Å². The van der Waals surface area contributed by atoms with Crippen LogP contribution in [0.15, 0.2) is 4.47 Å². The van der Waals surface area contributed by atoms with Gasteiger partial charge >= 0.3 is 6.03 Å². The van der Waals surface area contributed by atoms with Crippen LogP contribution in [0.3, 0.4) is 0 Å². The molecule has 1 aromatic heterocycles. The molecule has 3 fully saturated rings. The predicted octanol–water partition coefficient (Wildman–Crippen LogP) is 4.54. The third-order valence-corrected chi connectivity index (χ3v) is 8.39. The molecule has 0 unspecified atom stereocenters. The van der Waals surface area contributed by atoms with Crippen molar-refractivity contribution < 1.29 is 9.59 Å². The fourth-order valence-corrected chi connectivity index (χ4v) is 5.74. The van der Waals surface area contributed by atoms with E-state index in [2.05, 4.69) is 36.3 Å². The molecule has 7 nitrogen and oxygen atoms in total. The first kappa shape index (κ1) is 21.7. The van der Waals surface area contributed by atoms with Crippen LogP contribution in [0.5, 0.6) is 0 Å². The highest BCUT2D eigenvalue weighted by Gasteiger charge is 2.32. The van der Waals surface area contributed by atoms with Crippen LogP contribution >= 0.6 is 15.9 Å². The van der Waals surface area contributed by atoms with Crippen molar-refractivity contribution in [3.8, 4) is 0 Å². The van der Waals surface area contributed by atoms with Crippen LogP contribution in [0.2, 0.25) is 0 Å². The molecule has 8 heteroatoms. The zero-order valence-corrected chi connectivity index (χ0v) is 19.5. The lowest BCUT2D eigenvalue weighted by molar-refractivity contribution is -0.133. The lowest BCUT2D eigenvalue weighted by Crippen LogP contribution is -2.45. The number of halogens is 1. The maximum absolute atomic E-state index is 12.6. The van der Waals surface area contributed by atoms with Gasteiger partial charge in [-0.05, 0) is 79.1 Å². The van der Waals surface area contributed by atoms with Crippen molar-refractivity contribution in [3.63, 3.8) is 0 Å². The second kappa shape index (κ2) is 9.71. The third kappa shape index (κ3) is 5.01. The minimum absolute atomic E-state index is 0.0759. The standard InChI is InChI=1S/C22H34BrN5O2/c1-15-20(23)21(26-25-15)24-22(30)28-12-8-18(9-13-28)17-6-10-27(11-7-17)19(29)14-16-4-2-3-5-16/h16-18H,2-14H2,1H3,(H2,24,25,26,30).